The molecular formula is C17H20BrN3O2S. The second-order valence-electron chi connectivity index (χ2n) is 6.10. The number of alkyl carbamates (subject to hydrolysis) is 1. The van der Waals surface area contributed by atoms with Crippen LogP contribution in [-0.4, -0.2) is 23.2 Å². The topological polar surface area (TPSA) is 63.2 Å². The summed E-state index contributed by atoms with van der Waals surface area (Å²) in [5, 5.41) is 8.44. The van der Waals surface area contributed by atoms with E-state index in [1.807, 2.05) is 50.4 Å². The van der Waals surface area contributed by atoms with Gasteiger partial charge in [-0.15, -0.1) is 11.3 Å². The van der Waals surface area contributed by atoms with Crippen LogP contribution in [0, 0.1) is 0 Å². The maximum Gasteiger partial charge on any atom is 0.407 e. The smallest absolute Gasteiger partial charge is 0.407 e. The lowest BCUT2D eigenvalue weighted by Gasteiger charge is -2.20. The van der Waals surface area contributed by atoms with E-state index in [0.29, 0.717) is 5.70 Å². The zero-order valence-corrected chi connectivity index (χ0v) is 16.3. The Morgan fingerprint density at radius 2 is 2.08 bits per heavy atom. The number of rotatable bonds is 5. The number of halogens is 1. The molecule has 0 bridgehead atoms. The molecular weight excluding hydrogens is 390 g/mol. The van der Waals surface area contributed by atoms with Crippen LogP contribution < -0.4 is 10.6 Å². The third-order valence-corrected chi connectivity index (χ3v) is 4.23. The van der Waals surface area contributed by atoms with Crippen molar-refractivity contribution in [2.75, 3.05) is 11.9 Å². The second kappa shape index (κ2) is 7.81. The molecule has 7 heteroatoms. The van der Waals surface area contributed by atoms with Gasteiger partial charge in [-0.25, -0.2) is 9.78 Å². The number of ether oxygens (including phenoxy) is 1. The highest BCUT2D eigenvalue weighted by atomic mass is 79.9. The molecule has 1 aromatic carbocycles. The van der Waals surface area contributed by atoms with Crippen LogP contribution in [0.2, 0.25) is 0 Å². The zero-order chi connectivity index (χ0) is 17.7. The fourth-order valence-electron chi connectivity index (χ4n) is 1.81. The quantitative estimate of drug-likeness (QED) is 0.727. The molecule has 5 nitrogen and oxygen atoms in total. The number of benzene rings is 1. The van der Waals surface area contributed by atoms with Gasteiger partial charge in [0.2, 0.25) is 0 Å². The van der Waals surface area contributed by atoms with Gasteiger partial charge in [0, 0.05) is 21.1 Å². The molecule has 0 aliphatic heterocycles. The summed E-state index contributed by atoms with van der Waals surface area (Å²) in [7, 11) is 0. The first-order chi connectivity index (χ1) is 11.2. The molecule has 0 radical (unpaired) electrons. The first-order valence-corrected chi connectivity index (χ1v) is 9.04. The molecule has 0 unspecified atom stereocenters. The van der Waals surface area contributed by atoms with Gasteiger partial charge in [0.25, 0.3) is 0 Å². The summed E-state index contributed by atoms with van der Waals surface area (Å²) in [6, 6.07) is 7.91. The van der Waals surface area contributed by atoms with Crippen molar-refractivity contribution in [1.29, 1.82) is 0 Å². The van der Waals surface area contributed by atoms with E-state index in [-0.39, 0.29) is 6.54 Å². The van der Waals surface area contributed by atoms with Gasteiger partial charge < -0.3 is 15.4 Å². The van der Waals surface area contributed by atoms with Crippen molar-refractivity contribution in [2.45, 2.75) is 26.4 Å². The summed E-state index contributed by atoms with van der Waals surface area (Å²) in [6.07, 6.45) is -0.474. The molecule has 1 heterocycles. The molecule has 0 atom stereocenters. The van der Waals surface area contributed by atoms with Crippen LogP contribution in [-0.2, 0) is 4.74 Å². The average molecular weight is 410 g/mol. The molecule has 24 heavy (non-hydrogen) atoms. The van der Waals surface area contributed by atoms with Crippen molar-refractivity contribution in [2.24, 2.45) is 0 Å². The number of aromatic nitrogens is 1. The number of thiazole rings is 1. The Labute approximate surface area is 154 Å². The first kappa shape index (κ1) is 18.5. The Kier molecular flexibility index (Phi) is 6.01. The summed E-state index contributed by atoms with van der Waals surface area (Å²) >= 11 is 5.00. The predicted octanol–water partition coefficient (Wildman–Crippen LogP) is 5.02. The average Bonchev–Trinajstić information content (AvgIpc) is 2.92. The van der Waals surface area contributed by atoms with E-state index in [9.17, 15) is 4.79 Å². The molecule has 0 saturated heterocycles. The second-order valence-corrected chi connectivity index (χ2v) is 7.81. The Morgan fingerprint density at radius 1 is 1.38 bits per heavy atom. The molecule has 128 valence electrons. The highest BCUT2D eigenvalue weighted by Gasteiger charge is 2.16. The van der Waals surface area contributed by atoms with Crippen LogP contribution >= 0.6 is 27.3 Å². The highest BCUT2D eigenvalue weighted by Crippen LogP contribution is 2.30. The minimum atomic E-state index is -0.522. The Balaban J connectivity index is 1.89. The summed E-state index contributed by atoms with van der Waals surface area (Å²) in [4.78, 5) is 16.2. The van der Waals surface area contributed by atoms with E-state index in [4.69, 9.17) is 4.74 Å². The maximum absolute atomic E-state index is 11.6. The molecule has 1 aromatic heterocycles. The van der Waals surface area contributed by atoms with Crippen molar-refractivity contribution in [3.8, 4) is 11.3 Å². The molecule has 0 aliphatic rings. The van der Waals surface area contributed by atoms with Crippen LogP contribution in [0.3, 0.4) is 0 Å². The Bertz CT molecular complexity index is 737. The van der Waals surface area contributed by atoms with Crippen molar-refractivity contribution in [1.82, 2.24) is 10.3 Å². The van der Waals surface area contributed by atoms with E-state index in [1.54, 1.807) is 0 Å². The van der Waals surface area contributed by atoms with Crippen LogP contribution in [0.5, 0.6) is 0 Å². The van der Waals surface area contributed by atoms with Gasteiger partial charge in [0.05, 0.1) is 12.2 Å². The van der Waals surface area contributed by atoms with Gasteiger partial charge in [-0.3, -0.25) is 0 Å². The molecule has 2 N–H and O–H groups in total. The fourth-order valence-corrected chi connectivity index (χ4v) is 3.06. The Morgan fingerprint density at radius 3 is 2.75 bits per heavy atom. The monoisotopic (exact) mass is 409 g/mol. The summed E-state index contributed by atoms with van der Waals surface area (Å²) in [5.41, 5.74) is 2.02. The lowest BCUT2D eigenvalue weighted by atomic mass is 10.2. The third-order valence-electron chi connectivity index (χ3n) is 2.78. The van der Waals surface area contributed by atoms with Gasteiger partial charge in [-0.2, -0.15) is 0 Å². The van der Waals surface area contributed by atoms with Crippen molar-refractivity contribution >= 4 is 38.5 Å². The molecule has 0 saturated carbocycles. The van der Waals surface area contributed by atoms with Gasteiger partial charge in [0.15, 0.2) is 5.13 Å². The molecule has 2 aromatic rings. The maximum atomic E-state index is 11.6. The molecule has 0 aliphatic carbocycles. The normalized spacial score (nSPS) is 11.0. The highest BCUT2D eigenvalue weighted by molar-refractivity contribution is 9.10. The molecule has 0 fully saturated rings. The van der Waals surface area contributed by atoms with E-state index < -0.39 is 11.7 Å². The molecule has 1 amide bonds. The van der Waals surface area contributed by atoms with Crippen LogP contribution in [0.1, 0.15) is 20.8 Å². The van der Waals surface area contributed by atoms with E-state index in [0.717, 1.165) is 20.9 Å². The number of anilines is 1. The number of carbonyl (C=O) groups excluding carboxylic acids is 1. The summed E-state index contributed by atoms with van der Waals surface area (Å²) < 4.78 is 6.17. The SMILES string of the molecule is C=C(CNC(=O)OC(C)(C)C)Nc1nc(-c2ccccc2Br)cs1. The van der Waals surface area contributed by atoms with Gasteiger partial charge in [-0.1, -0.05) is 40.7 Å². The lowest BCUT2D eigenvalue weighted by molar-refractivity contribution is 0.0533. The Hall–Kier alpha value is -1.86. The van der Waals surface area contributed by atoms with E-state index in [2.05, 4.69) is 38.1 Å². The van der Waals surface area contributed by atoms with Gasteiger partial charge in [-0.05, 0) is 26.8 Å². The number of nitrogens with zero attached hydrogens (tertiary/aromatic N) is 1. The lowest BCUT2D eigenvalue weighted by Crippen LogP contribution is -2.34. The number of amides is 1. The minimum absolute atomic E-state index is 0.263. The largest absolute Gasteiger partial charge is 0.444 e. The number of carbonyl (C=O) groups is 1. The fraction of sp³-hybridized carbons (Fsp3) is 0.294. The van der Waals surface area contributed by atoms with Crippen molar-refractivity contribution in [3.63, 3.8) is 0 Å². The number of nitrogens with one attached hydrogen (secondary N) is 2. The van der Waals surface area contributed by atoms with Crippen LogP contribution in [0.25, 0.3) is 11.3 Å². The minimum Gasteiger partial charge on any atom is -0.444 e. The summed E-state index contributed by atoms with van der Waals surface area (Å²) in [6.45, 7) is 9.61. The van der Waals surface area contributed by atoms with E-state index >= 15 is 0 Å². The first-order valence-electron chi connectivity index (χ1n) is 7.37. The van der Waals surface area contributed by atoms with E-state index in [1.165, 1.54) is 11.3 Å². The number of hydrogen-bond donors (Lipinski definition) is 2. The standard InChI is InChI=1S/C17H20BrN3O2S/c1-11(9-19-16(22)23-17(2,3)4)20-15-21-14(10-24-15)12-7-5-6-8-13(12)18/h5-8,10H,1,9H2,2-4H3,(H,19,22)(H,20,21). The number of hydrogen-bond acceptors (Lipinski definition) is 5. The van der Waals surface area contributed by atoms with Crippen molar-refractivity contribution < 1.29 is 9.53 Å². The molecule has 0 spiro atoms. The molecule has 2 rings (SSSR count). The predicted molar refractivity (Wildman–Crippen MR) is 102 cm³/mol. The third kappa shape index (κ3) is 5.65. The van der Waals surface area contributed by atoms with Gasteiger partial charge in [0.1, 0.15) is 5.60 Å². The van der Waals surface area contributed by atoms with Crippen LogP contribution in [0.15, 0.2) is 46.4 Å². The van der Waals surface area contributed by atoms with Gasteiger partial charge >= 0.3 is 6.09 Å². The zero-order valence-electron chi connectivity index (χ0n) is 13.9. The van der Waals surface area contributed by atoms with Crippen LogP contribution in [0.4, 0.5) is 9.93 Å². The summed E-state index contributed by atoms with van der Waals surface area (Å²) in [5.74, 6) is 0. The van der Waals surface area contributed by atoms with Crippen molar-refractivity contribution in [3.05, 3.63) is 46.4 Å².